The van der Waals surface area contributed by atoms with Crippen molar-refractivity contribution in [2.75, 3.05) is 0 Å². The van der Waals surface area contributed by atoms with Crippen molar-refractivity contribution in [2.45, 2.75) is 33.7 Å². The number of nitrogens with zero attached hydrogens (tertiary/aromatic N) is 5. The smallest absolute Gasteiger partial charge is 0.234 e. The molecule has 1 aromatic carbocycles. The highest BCUT2D eigenvalue weighted by Gasteiger charge is 2.18. The van der Waals surface area contributed by atoms with E-state index in [2.05, 4.69) is 70.2 Å². The third kappa shape index (κ3) is 3.67. The predicted molar refractivity (Wildman–Crippen MR) is 110 cm³/mol. The number of rotatable bonds is 4. The van der Waals surface area contributed by atoms with Crippen molar-refractivity contribution in [2.24, 2.45) is 5.41 Å². The summed E-state index contributed by atoms with van der Waals surface area (Å²) in [6.07, 6.45) is 6.64. The van der Waals surface area contributed by atoms with E-state index in [0.29, 0.717) is 0 Å². The van der Waals surface area contributed by atoms with Gasteiger partial charge in [-0.1, -0.05) is 32.9 Å². The number of fused-ring (bicyclic) bond motifs is 1. The number of nitriles is 1. The van der Waals surface area contributed by atoms with Crippen molar-refractivity contribution >= 4 is 11.0 Å². The second kappa shape index (κ2) is 6.97. The topological polar surface area (TPSA) is 59.4 Å². The first-order valence-electron chi connectivity index (χ1n) is 9.40. The molecule has 0 spiro atoms. The molecule has 0 atom stereocenters. The standard InChI is InChI=1S/C23H23N5/c1-23(2,3)16-28-20(13-18-15-25-21(14-24)26-22(18)28)12-17-6-8-19(9-7-17)27-10-4-5-11-27/h4-11,13,15H,12,16H2,1-3H3. The van der Waals surface area contributed by atoms with E-state index in [1.54, 1.807) is 6.20 Å². The Bertz CT molecular complexity index is 1140. The van der Waals surface area contributed by atoms with Crippen LogP contribution >= 0.6 is 0 Å². The molecule has 0 N–H and O–H groups in total. The van der Waals surface area contributed by atoms with E-state index in [1.165, 1.54) is 11.3 Å². The summed E-state index contributed by atoms with van der Waals surface area (Å²) in [5.74, 6) is 0.211. The summed E-state index contributed by atoms with van der Waals surface area (Å²) in [6.45, 7) is 7.46. The minimum absolute atomic E-state index is 0.0940. The Labute approximate surface area is 164 Å². The summed E-state index contributed by atoms with van der Waals surface area (Å²) in [4.78, 5) is 8.61. The molecule has 0 fully saturated rings. The summed E-state index contributed by atoms with van der Waals surface area (Å²) >= 11 is 0. The van der Waals surface area contributed by atoms with Crippen molar-refractivity contribution in [1.82, 2.24) is 19.1 Å². The quantitative estimate of drug-likeness (QED) is 0.522. The van der Waals surface area contributed by atoms with E-state index in [1.807, 2.05) is 30.6 Å². The van der Waals surface area contributed by atoms with Crippen LogP contribution in [0.3, 0.4) is 0 Å². The maximum Gasteiger partial charge on any atom is 0.234 e. The van der Waals surface area contributed by atoms with Crippen molar-refractivity contribution in [3.05, 3.63) is 78.1 Å². The molecule has 4 rings (SSSR count). The molecule has 0 aliphatic carbocycles. The molecule has 4 aromatic rings. The van der Waals surface area contributed by atoms with Gasteiger partial charge in [0, 0.05) is 48.3 Å². The number of aromatic nitrogens is 4. The Hall–Kier alpha value is -3.39. The molecular formula is C23H23N5. The number of hydrogen-bond donors (Lipinski definition) is 0. The van der Waals surface area contributed by atoms with Gasteiger partial charge in [-0.05, 0) is 41.3 Å². The molecule has 0 saturated carbocycles. The van der Waals surface area contributed by atoms with Crippen molar-refractivity contribution in [3.63, 3.8) is 0 Å². The zero-order valence-electron chi connectivity index (χ0n) is 16.4. The Morgan fingerprint density at radius 2 is 1.79 bits per heavy atom. The lowest BCUT2D eigenvalue weighted by Gasteiger charge is -2.22. The van der Waals surface area contributed by atoms with E-state index in [-0.39, 0.29) is 11.2 Å². The first-order chi connectivity index (χ1) is 13.4. The average molecular weight is 369 g/mol. The minimum Gasteiger partial charge on any atom is -0.329 e. The second-order valence-electron chi connectivity index (χ2n) is 8.30. The molecule has 5 heteroatoms. The molecule has 0 radical (unpaired) electrons. The Morgan fingerprint density at radius 3 is 2.43 bits per heavy atom. The van der Waals surface area contributed by atoms with E-state index in [4.69, 9.17) is 0 Å². The summed E-state index contributed by atoms with van der Waals surface area (Å²) in [5, 5.41) is 10.2. The van der Waals surface area contributed by atoms with Gasteiger partial charge in [-0.2, -0.15) is 5.26 Å². The molecular weight excluding hydrogens is 346 g/mol. The zero-order valence-corrected chi connectivity index (χ0v) is 16.4. The van der Waals surface area contributed by atoms with Crippen LogP contribution in [0.4, 0.5) is 0 Å². The summed E-state index contributed by atoms with van der Waals surface area (Å²) in [5.41, 5.74) is 4.50. The highest BCUT2D eigenvalue weighted by Crippen LogP contribution is 2.26. The highest BCUT2D eigenvalue weighted by atomic mass is 15.1. The van der Waals surface area contributed by atoms with Gasteiger partial charge in [0.25, 0.3) is 0 Å². The van der Waals surface area contributed by atoms with Crippen LogP contribution in [0.2, 0.25) is 0 Å². The van der Waals surface area contributed by atoms with Gasteiger partial charge in [0.2, 0.25) is 5.82 Å². The van der Waals surface area contributed by atoms with Crippen molar-refractivity contribution < 1.29 is 0 Å². The van der Waals surface area contributed by atoms with Crippen molar-refractivity contribution in [3.8, 4) is 11.8 Å². The van der Waals surface area contributed by atoms with Gasteiger partial charge in [-0.25, -0.2) is 9.97 Å². The van der Waals surface area contributed by atoms with Crippen LogP contribution in [0.5, 0.6) is 0 Å². The third-order valence-electron chi connectivity index (χ3n) is 4.68. The summed E-state index contributed by atoms with van der Waals surface area (Å²) in [7, 11) is 0. The summed E-state index contributed by atoms with van der Waals surface area (Å²) < 4.78 is 4.33. The van der Waals surface area contributed by atoms with Crippen LogP contribution in [-0.4, -0.2) is 19.1 Å². The number of hydrogen-bond acceptors (Lipinski definition) is 3. The molecule has 0 saturated heterocycles. The SMILES string of the molecule is CC(C)(C)Cn1c(Cc2ccc(-n3cccc3)cc2)cc2cnc(C#N)nc21. The molecule has 0 amide bonds. The van der Waals surface area contributed by atoms with Gasteiger partial charge >= 0.3 is 0 Å². The fourth-order valence-electron chi connectivity index (χ4n) is 3.45. The van der Waals surface area contributed by atoms with Crippen LogP contribution in [0.1, 0.15) is 37.9 Å². The van der Waals surface area contributed by atoms with Crippen LogP contribution in [0, 0.1) is 16.7 Å². The van der Waals surface area contributed by atoms with Crippen LogP contribution in [-0.2, 0) is 13.0 Å². The van der Waals surface area contributed by atoms with E-state index >= 15 is 0 Å². The van der Waals surface area contributed by atoms with E-state index in [9.17, 15) is 5.26 Å². The normalized spacial score (nSPS) is 11.6. The maximum atomic E-state index is 9.18. The number of benzene rings is 1. The summed E-state index contributed by atoms with van der Waals surface area (Å²) in [6, 6.07) is 16.8. The predicted octanol–water partition coefficient (Wildman–Crippen LogP) is 4.73. The molecule has 28 heavy (non-hydrogen) atoms. The lowest BCUT2D eigenvalue weighted by molar-refractivity contribution is 0.344. The van der Waals surface area contributed by atoms with Gasteiger partial charge in [0.15, 0.2) is 0 Å². The molecule has 0 unspecified atom stereocenters. The fourth-order valence-corrected chi connectivity index (χ4v) is 3.45. The molecule has 0 aliphatic rings. The maximum absolute atomic E-state index is 9.18. The molecule has 3 aromatic heterocycles. The molecule has 0 aliphatic heterocycles. The van der Waals surface area contributed by atoms with Gasteiger partial charge in [-0.3, -0.25) is 0 Å². The Balaban J connectivity index is 1.71. The fraction of sp³-hybridized carbons (Fsp3) is 0.261. The average Bonchev–Trinajstić information content (AvgIpc) is 3.30. The Morgan fingerprint density at radius 1 is 1.07 bits per heavy atom. The first kappa shape index (κ1) is 18.0. The molecule has 0 bridgehead atoms. The lowest BCUT2D eigenvalue weighted by atomic mass is 9.96. The zero-order chi connectivity index (χ0) is 19.7. The first-order valence-corrected chi connectivity index (χ1v) is 9.40. The minimum atomic E-state index is 0.0940. The molecule has 140 valence electrons. The van der Waals surface area contributed by atoms with Gasteiger partial charge < -0.3 is 9.13 Å². The second-order valence-corrected chi connectivity index (χ2v) is 8.30. The lowest BCUT2D eigenvalue weighted by Crippen LogP contribution is -2.18. The Kier molecular flexibility index (Phi) is 4.48. The molecule has 5 nitrogen and oxygen atoms in total. The van der Waals surface area contributed by atoms with E-state index in [0.717, 1.165) is 29.7 Å². The molecule has 3 heterocycles. The van der Waals surface area contributed by atoms with Gasteiger partial charge in [-0.15, -0.1) is 0 Å². The van der Waals surface area contributed by atoms with Gasteiger partial charge in [0.1, 0.15) is 11.7 Å². The third-order valence-corrected chi connectivity index (χ3v) is 4.68. The van der Waals surface area contributed by atoms with Crippen molar-refractivity contribution in [1.29, 1.82) is 5.26 Å². The van der Waals surface area contributed by atoms with E-state index < -0.39 is 0 Å². The van der Waals surface area contributed by atoms with Crippen LogP contribution < -0.4 is 0 Å². The van der Waals surface area contributed by atoms with Crippen LogP contribution in [0.25, 0.3) is 16.7 Å². The highest BCUT2D eigenvalue weighted by molar-refractivity contribution is 5.77. The monoisotopic (exact) mass is 369 g/mol. The largest absolute Gasteiger partial charge is 0.329 e. The van der Waals surface area contributed by atoms with Gasteiger partial charge in [0.05, 0.1) is 0 Å². The van der Waals surface area contributed by atoms with Crippen LogP contribution in [0.15, 0.2) is 61.1 Å².